The Balaban J connectivity index is 1.88. The minimum absolute atomic E-state index is 0.593. The van der Waals surface area contributed by atoms with Crippen molar-refractivity contribution in [3.63, 3.8) is 0 Å². The van der Waals surface area contributed by atoms with E-state index in [-0.39, 0.29) is 0 Å². The van der Waals surface area contributed by atoms with Gasteiger partial charge < -0.3 is 15.1 Å². The summed E-state index contributed by atoms with van der Waals surface area (Å²) in [4.78, 5) is 11.2. The van der Waals surface area contributed by atoms with Crippen LogP contribution in [-0.4, -0.2) is 14.4 Å². The van der Waals surface area contributed by atoms with Crippen molar-refractivity contribution in [2.45, 2.75) is 13.5 Å². The van der Waals surface area contributed by atoms with Gasteiger partial charge in [0, 0.05) is 22.1 Å². The smallest absolute Gasteiger partial charge is 0.180 e. The van der Waals surface area contributed by atoms with E-state index in [0.717, 1.165) is 12.2 Å². The van der Waals surface area contributed by atoms with Crippen LogP contribution in [-0.2, 0) is 6.54 Å². The molecule has 7 heteroatoms. The van der Waals surface area contributed by atoms with Crippen molar-refractivity contribution in [1.29, 1.82) is 0 Å². The van der Waals surface area contributed by atoms with E-state index in [0.29, 0.717) is 11.6 Å². The molecule has 0 spiro atoms. The molecule has 0 aliphatic rings. The fourth-order valence-corrected chi connectivity index (χ4v) is 2.70. The molecular formula is C12H14N6S. The Hall–Kier alpha value is -2.12. The molecule has 0 saturated carbocycles. The number of nitrogens with zero attached hydrogens (tertiary/aromatic N) is 3. The van der Waals surface area contributed by atoms with E-state index in [1.807, 2.05) is 10.6 Å². The number of nitrogen functional groups attached to an aromatic ring is 1. The molecule has 0 aromatic carbocycles. The van der Waals surface area contributed by atoms with Crippen LogP contribution in [0.1, 0.15) is 9.75 Å². The zero-order valence-corrected chi connectivity index (χ0v) is 11.2. The van der Waals surface area contributed by atoms with E-state index >= 15 is 0 Å². The minimum Gasteiger partial charge on any atom is -0.362 e. The van der Waals surface area contributed by atoms with Crippen LogP contribution in [0.15, 0.2) is 30.7 Å². The Morgan fingerprint density at radius 2 is 2.32 bits per heavy atom. The largest absolute Gasteiger partial charge is 0.362 e. The average molecular weight is 274 g/mol. The lowest BCUT2D eigenvalue weighted by Crippen LogP contribution is -2.11. The van der Waals surface area contributed by atoms with Gasteiger partial charge in [-0.3, -0.25) is 0 Å². The van der Waals surface area contributed by atoms with Crippen molar-refractivity contribution in [1.82, 2.24) is 14.4 Å². The number of aryl methyl sites for hydroxylation is 1. The molecule has 0 radical (unpaired) electrons. The summed E-state index contributed by atoms with van der Waals surface area (Å²) < 4.78 is 1.88. The number of anilines is 2. The van der Waals surface area contributed by atoms with Crippen LogP contribution in [0.25, 0.3) is 5.65 Å². The first-order valence-electron chi connectivity index (χ1n) is 5.86. The van der Waals surface area contributed by atoms with Crippen molar-refractivity contribution < 1.29 is 0 Å². The standard InChI is InChI=1S/C12H14N6S/c1-8-2-3-9(19-8)6-15-11-12-14-4-5-18(12)7-10(16-11)17-13/h2-5,7,17H,6,13H2,1H3,(H,15,16). The van der Waals surface area contributed by atoms with Crippen LogP contribution >= 0.6 is 11.3 Å². The molecule has 0 fully saturated rings. The Bertz CT molecular complexity index is 701. The number of imidazole rings is 1. The van der Waals surface area contributed by atoms with Gasteiger partial charge in [-0.05, 0) is 19.1 Å². The van der Waals surface area contributed by atoms with Gasteiger partial charge >= 0.3 is 0 Å². The van der Waals surface area contributed by atoms with Gasteiger partial charge in [0.2, 0.25) is 0 Å². The number of aromatic nitrogens is 3. The van der Waals surface area contributed by atoms with Gasteiger partial charge in [0.25, 0.3) is 0 Å². The number of fused-ring (bicyclic) bond motifs is 1. The lowest BCUT2D eigenvalue weighted by atomic mass is 10.4. The SMILES string of the molecule is Cc1ccc(CNc2nc(NN)cn3ccnc23)s1. The number of hydrazine groups is 1. The monoisotopic (exact) mass is 274 g/mol. The maximum atomic E-state index is 5.42. The Kier molecular flexibility index (Phi) is 3.06. The lowest BCUT2D eigenvalue weighted by molar-refractivity contribution is 1.07. The van der Waals surface area contributed by atoms with Gasteiger partial charge in [-0.2, -0.15) is 0 Å². The van der Waals surface area contributed by atoms with Crippen molar-refractivity contribution >= 4 is 28.6 Å². The highest BCUT2D eigenvalue weighted by Crippen LogP contribution is 2.19. The average Bonchev–Trinajstić information content (AvgIpc) is 3.04. The molecule has 3 heterocycles. The third-order valence-electron chi connectivity index (χ3n) is 2.75. The first-order valence-corrected chi connectivity index (χ1v) is 6.67. The summed E-state index contributed by atoms with van der Waals surface area (Å²) in [6.07, 6.45) is 5.39. The normalized spacial score (nSPS) is 10.8. The van der Waals surface area contributed by atoms with Crippen LogP contribution in [0, 0.1) is 6.92 Å². The molecule has 4 N–H and O–H groups in total. The van der Waals surface area contributed by atoms with Gasteiger partial charge in [0.15, 0.2) is 17.3 Å². The number of nitrogens with two attached hydrogens (primary N) is 1. The second kappa shape index (κ2) is 4.87. The maximum absolute atomic E-state index is 5.42. The number of rotatable bonds is 4. The van der Waals surface area contributed by atoms with Crippen molar-refractivity contribution in [3.8, 4) is 0 Å². The Morgan fingerprint density at radius 1 is 1.42 bits per heavy atom. The third-order valence-corrected chi connectivity index (χ3v) is 3.75. The van der Waals surface area contributed by atoms with Gasteiger partial charge in [0.1, 0.15) is 0 Å². The molecule has 0 unspecified atom stereocenters. The quantitative estimate of drug-likeness (QED) is 0.501. The van der Waals surface area contributed by atoms with E-state index in [1.54, 1.807) is 23.7 Å². The maximum Gasteiger partial charge on any atom is 0.180 e. The molecule has 3 aromatic rings. The van der Waals surface area contributed by atoms with Gasteiger partial charge in [-0.1, -0.05) is 0 Å². The van der Waals surface area contributed by atoms with Gasteiger partial charge in [-0.25, -0.2) is 15.8 Å². The van der Waals surface area contributed by atoms with E-state index in [1.165, 1.54) is 9.75 Å². The molecule has 0 saturated heterocycles. The summed E-state index contributed by atoms with van der Waals surface area (Å²) in [6, 6.07) is 4.22. The first kappa shape index (κ1) is 11.9. The van der Waals surface area contributed by atoms with E-state index in [2.05, 4.69) is 39.8 Å². The molecule has 3 aromatic heterocycles. The molecule has 98 valence electrons. The zero-order chi connectivity index (χ0) is 13.2. The topological polar surface area (TPSA) is 80.3 Å². The minimum atomic E-state index is 0.593. The molecule has 0 amide bonds. The zero-order valence-electron chi connectivity index (χ0n) is 10.4. The molecule has 0 aliphatic heterocycles. The Labute approximate surface area is 114 Å². The number of nitrogens with one attached hydrogen (secondary N) is 2. The highest BCUT2D eigenvalue weighted by molar-refractivity contribution is 7.11. The molecule has 6 nitrogen and oxygen atoms in total. The first-order chi connectivity index (χ1) is 9.26. The van der Waals surface area contributed by atoms with Gasteiger partial charge in [0.05, 0.1) is 12.7 Å². The van der Waals surface area contributed by atoms with Crippen LogP contribution in [0.5, 0.6) is 0 Å². The predicted molar refractivity (Wildman–Crippen MR) is 77.2 cm³/mol. The summed E-state index contributed by atoms with van der Waals surface area (Å²) in [5, 5.41) is 3.30. The van der Waals surface area contributed by atoms with Crippen LogP contribution in [0.2, 0.25) is 0 Å². The fraction of sp³-hybridized carbons (Fsp3) is 0.167. The summed E-state index contributed by atoms with van der Waals surface area (Å²) in [5.74, 6) is 6.72. The highest BCUT2D eigenvalue weighted by atomic mass is 32.1. The van der Waals surface area contributed by atoms with Crippen LogP contribution in [0.4, 0.5) is 11.6 Å². The van der Waals surface area contributed by atoms with Crippen LogP contribution in [0.3, 0.4) is 0 Å². The molecular weight excluding hydrogens is 260 g/mol. The van der Waals surface area contributed by atoms with E-state index in [4.69, 9.17) is 5.84 Å². The van der Waals surface area contributed by atoms with Crippen molar-refractivity contribution in [2.24, 2.45) is 5.84 Å². The fourth-order valence-electron chi connectivity index (χ4n) is 1.87. The predicted octanol–water partition coefficient (Wildman–Crippen LogP) is 2.00. The van der Waals surface area contributed by atoms with Crippen LogP contribution < -0.4 is 16.6 Å². The van der Waals surface area contributed by atoms with Crippen molar-refractivity contribution in [2.75, 3.05) is 10.7 Å². The highest BCUT2D eigenvalue weighted by Gasteiger charge is 2.07. The third kappa shape index (κ3) is 2.38. The van der Waals surface area contributed by atoms with Gasteiger partial charge in [-0.15, -0.1) is 11.3 Å². The summed E-state index contributed by atoms with van der Waals surface area (Å²) >= 11 is 1.77. The second-order valence-corrected chi connectivity index (χ2v) is 5.52. The molecule has 19 heavy (non-hydrogen) atoms. The lowest BCUT2D eigenvalue weighted by Gasteiger charge is -2.08. The molecule has 0 bridgehead atoms. The Morgan fingerprint density at radius 3 is 3.05 bits per heavy atom. The summed E-state index contributed by atoms with van der Waals surface area (Å²) in [6.45, 7) is 2.82. The summed E-state index contributed by atoms with van der Waals surface area (Å²) in [5.41, 5.74) is 3.34. The number of thiophene rings is 1. The second-order valence-electron chi connectivity index (χ2n) is 4.14. The summed E-state index contributed by atoms with van der Waals surface area (Å²) in [7, 11) is 0. The number of hydrogen-bond donors (Lipinski definition) is 3. The van der Waals surface area contributed by atoms with E-state index in [9.17, 15) is 0 Å². The molecule has 0 atom stereocenters. The molecule has 0 aliphatic carbocycles. The van der Waals surface area contributed by atoms with Crippen molar-refractivity contribution in [3.05, 3.63) is 40.5 Å². The number of hydrogen-bond acceptors (Lipinski definition) is 6. The molecule has 3 rings (SSSR count). The van der Waals surface area contributed by atoms with E-state index < -0.39 is 0 Å².